The standard InChI is InChI=1S/C17H19N3O3/c1-13(16(21)19-11-15-9-5-6-10-18-15)20-17(22)23-12-14-7-3-2-4-8-14/h2-10,13H,11-12H2,1H3,(H,19,21)(H,20,22)/t13-/m0/s1. The molecule has 1 heterocycles. The second-order valence-corrected chi connectivity index (χ2v) is 4.97. The van der Waals surface area contributed by atoms with E-state index in [0.29, 0.717) is 6.54 Å². The van der Waals surface area contributed by atoms with E-state index in [1.54, 1.807) is 19.2 Å². The molecule has 0 saturated heterocycles. The Balaban J connectivity index is 1.71. The molecule has 1 aromatic carbocycles. The number of nitrogens with zero attached hydrogens (tertiary/aromatic N) is 1. The lowest BCUT2D eigenvalue weighted by Crippen LogP contribution is -2.44. The van der Waals surface area contributed by atoms with E-state index >= 15 is 0 Å². The third-order valence-corrected chi connectivity index (χ3v) is 3.11. The Morgan fingerprint density at radius 1 is 1.13 bits per heavy atom. The highest BCUT2D eigenvalue weighted by Crippen LogP contribution is 2.01. The maximum atomic E-state index is 11.9. The molecule has 2 rings (SSSR count). The van der Waals surface area contributed by atoms with Gasteiger partial charge in [0.1, 0.15) is 12.6 Å². The van der Waals surface area contributed by atoms with Gasteiger partial charge in [-0.1, -0.05) is 36.4 Å². The van der Waals surface area contributed by atoms with Gasteiger partial charge in [0.2, 0.25) is 5.91 Å². The monoisotopic (exact) mass is 313 g/mol. The molecular formula is C17H19N3O3. The van der Waals surface area contributed by atoms with Gasteiger partial charge in [0, 0.05) is 6.20 Å². The number of pyridine rings is 1. The van der Waals surface area contributed by atoms with Crippen molar-refractivity contribution in [1.82, 2.24) is 15.6 Å². The number of hydrogen-bond donors (Lipinski definition) is 2. The van der Waals surface area contributed by atoms with Crippen molar-refractivity contribution < 1.29 is 14.3 Å². The van der Waals surface area contributed by atoms with E-state index in [1.807, 2.05) is 42.5 Å². The van der Waals surface area contributed by atoms with E-state index in [2.05, 4.69) is 15.6 Å². The molecule has 0 bridgehead atoms. The molecule has 0 unspecified atom stereocenters. The zero-order valence-electron chi connectivity index (χ0n) is 12.9. The summed E-state index contributed by atoms with van der Waals surface area (Å²) in [4.78, 5) is 27.7. The topological polar surface area (TPSA) is 80.3 Å². The van der Waals surface area contributed by atoms with Crippen molar-refractivity contribution in [2.75, 3.05) is 0 Å². The zero-order valence-corrected chi connectivity index (χ0v) is 12.9. The van der Waals surface area contributed by atoms with Crippen LogP contribution in [0.25, 0.3) is 0 Å². The lowest BCUT2D eigenvalue weighted by Gasteiger charge is -2.14. The van der Waals surface area contributed by atoms with E-state index in [1.165, 1.54) is 0 Å². The molecule has 120 valence electrons. The summed E-state index contributed by atoms with van der Waals surface area (Å²) in [5.74, 6) is -0.299. The van der Waals surface area contributed by atoms with E-state index in [4.69, 9.17) is 4.74 Å². The number of ether oxygens (including phenoxy) is 1. The van der Waals surface area contributed by atoms with Crippen LogP contribution in [-0.4, -0.2) is 23.0 Å². The summed E-state index contributed by atoms with van der Waals surface area (Å²) in [6.07, 6.45) is 1.03. The molecule has 0 aliphatic carbocycles. The van der Waals surface area contributed by atoms with Crippen molar-refractivity contribution in [3.8, 4) is 0 Å². The van der Waals surface area contributed by atoms with E-state index in [0.717, 1.165) is 11.3 Å². The van der Waals surface area contributed by atoms with Crippen molar-refractivity contribution >= 4 is 12.0 Å². The van der Waals surface area contributed by atoms with Gasteiger partial charge in [-0.3, -0.25) is 9.78 Å². The molecule has 2 N–H and O–H groups in total. The lowest BCUT2D eigenvalue weighted by atomic mass is 10.2. The van der Waals surface area contributed by atoms with Crippen LogP contribution in [0.5, 0.6) is 0 Å². The van der Waals surface area contributed by atoms with Crippen LogP contribution in [0.4, 0.5) is 4.79 Å². The first-order valence-corrected chi connectivity index (χ1v) is 7.30. The molecule has 0 spiro atoms. The zero-order chi connectivity index (χ0) is 16.5. The smallest absolute Gasteiger partial charge is 0.408 e. The first kappa shape index (κ1) is 16.5. The number of alkyl carbamates (subject to hydrolysis) is 1. The third kappa shape index (κ3) is 5.78. The van der Waals surface area contributed by atoms with Gasteiger partial charge < -0.3 is 15.4 Å². The quantitative estimate of drug-likeness (QED) is 0.855. The van der Waals surface area contributed by atoms with Crippen molar-refractivity contribution in [3.63, 3.8) is 0 Å². The van der Waals surface area contributed by atoms with Crippen molar-refractivity contribution in [2.24, 2.45) is 0 Å². The molecule has 6 heteroatoms. The number of nitrogens with one attached hydrogen (secondary N) is 2. The molecule has 0 aliphatic rings. The van der Waals surface area contributed by atoms with Crippen LogP contribution < -0.4 is 10.6 Å². The van der Waals surface area contributed by atoms with Gasteiger partial charge in [0.25, 0.3) is 0 Å². The van der Waals surface area contributed by atoms with Gasteiger partial charge in [-0.25, -0.2) is 4.79 Å². The van der Waals surface area contributed by atoms with Crippen LogP contribution in [0.1, 0.15) is 18.2 Å². The highest BCUT2D eigenvalue weighted by molar-refractivity contribution is 5.85. The Kier molecular flexibility index (Phi) is 6.11. The number of aromatic nitrogens is 1. The molecule has 0 saturated carbocycles. The highest BCUT2D eigenvalue weighted by Gasteiger charge is 2.16. The van der Waals surface area contributed by atoms with Crippen LogP contribution in [0, 0.1) is 0 Å². The fourth-order valence-electron chi connectivity index (χ4n) is 1.84. The summed E-state index contributed by atoms with van der Waals surface area (Å²) in [5.41, 5.74) is 1.63. The van der Waals surface area contributed by atoms with Crippen LogP contribution in [0.2, 0.25) is 0 Å². The SMILES string of the molecule is C[C@H](NC(=O)OCc1ccccc1)C(=O)NCc1ccccn1. The maximum Gasteiger partial charge on any atom is 0.408 e. The Hall–Kier alpha value is -2.89. The molecule has 0 aliphatic heterocycles. The average molecular weight is 313 g/mol. The number of carbonyl (C=O) groups excluding carboxylic acids is 2. The van der Waals surface area contributed by atoms with E-state index in [-0.39, 0.29) is 12.5 Å². The minimum Gasteiger partial charge on any atom is -0.445 e. The van der Waals surface area contributed by atoms with Gasteiger partial charge in [-0.2, -0.15) is 0 Å². The minimum atomic E-state index is -0.693. The van der Waals surface area contributed by atoms with E-state index in [9.17, 15) is 9.59 Å². The number of rotatable bonds is 6. The Bertz CT molecular complexity index is 632. The molecule has 6 nitrogen and oxygen atoms in total. The second kappa shape index (κ2) is 8.53. The van der Waals surface area contributed by atoms with Gasteiger partial charge >= 0.3 is 6.09 Å². The van der Waals surface area contributed by atoms with Crippen LogP contribution in [0.15, 0.2) is 54.7 Å². The minimum absolute atomic E-state index is 0.162. The molecule has 2 aromatic rings. The summed E-state index contributed by atoms with van der Waals surface area (Å²) in [5, 5.41) is 5.20. The van der Waals surface area contributed by atoms with Crippen molar-refractivity contribution in [1.29, 1.82) is 0 Å². The summed E-state index contributed by atoms with van der Waals surface area (Å²) >= 11 is 0. The lowest BCUT2D eigenvalue weighted by molar-refractivity contribution is -0.122. The Labute approximate surface area is 134 Å². The first-order chi connectivity index (χ1) is 11.1. The number of amides is 2. The predicted octanol–water partition coefficient (Wildman–Crippen LogP) is 2.01. The molecule has 0 radical (unpaired) electrons. The van der Waals surface area contributed by atoms with Crippen LogP contribution >= 0.6 is 0 Å². The first-order valence-electron chi connectivity index (χ1n) is 7.30. The second-order valence-electron chi connectivity index (χ2n) is 4.97. The number of carbonyl (C=O) groups is 2. The summed E-state index contributed by atoms with van der Waals surface area (Å²) < 4.78 is 5.07. The summed E-state index contributed by atoms with van der Waals surface area (Å²) in [6, 6.07) is 14.1. The van der Waals surface area contributed by atoms with Crippen LogP contribution in [-0.2, 0) is 22.7 Å². The number of benzene rings is 1. The van der Waals surface area contributed by atoms with Crippen LogP contribution in [0.3, 0.4) is 0 Å². The largest absolute Gasteiger partial charge is 0.445 e. The van der Waals surface area contributed by atoms with Gasteiger partial charge in [-0.05, 0) is 24.6 Å². The fraction of sp³-hybridized carbons (Fsp3) is 0.235. The molecule has 23 heavy (non-hydrogen) atoms. The molecular weight excluding hydrogens is 294 g/mol. The predicted molar refractivity (Wildman–Crippen MR) is 85.3 cm³/mol. The molecule has 0 fully saturated rings. The van der Waals surface area contributed by atoms with Gasteiger partial charge in [-0.15, -0.1) is 0 Å². The van der Waals surface area contributed by atoms with Gasteiger partial charge in [0.05, 0.1) is 12.2 Å². The summed E-state index contributed by atoms with van der Waals surface area (Å²) in [6.45, 7) is 2.07. The van der Waals surface area contributed by atoms with Crippen molar-refractivity contribution in [3.05, 3.63) is 66.0 Å². The third-order valence-electron chi connectivity index (χ3n) is 3.11. The molecule has 2 amide bonds. The number of hydrogen-bond acceptors (Lipinski definition) is 4. The van der Waals surface area contributed by atoms with E-state index < -0.39 is 12.1 Å². The highest BCUT2D eigenvalue weighted by atomic mass is 16.5. The van der Waals surface area contributed by atoms with Gasteiger partial charge in [0.15, 0.2) is 0 Å². The summed E-state index contributed by atoms with van der Waals surface area (Å²) in [7, 11) is 0. The average Bonchev–Trinajstić information content (AvgIpc) is 2.59. The molecule has 1 aromatic heterocycles. The van der Waals surface area contributed by atoms with Crippen molar-refractivity contribution in [2.45, 2.75) is 26.1 Å². The fourth-order valence-corrected chi connectivity index (χ4v) is 1.84. The maximum absolute atomic E-state index is 11.9. The Morgan fingerprint density at radius 2 is 1.87 bits per heavy atom. The Morgan fingerprint density at radius 3 is 2.57 bits per heavy atom. The normalized spacial score (nSPS) is 11.3. The molecule has 1 atom stereocenters.